The first-order chi connectivity index (χ1) is 9.75. The van der Waals surface area contributed by atoms with Gasteiger partial charge in [0.15, 0.2) is 0 Å². The molecular formula is C16H11NO3. The van der Waals surface area contributed by atoms with Crippen LogP contribution in [0.25, 0.3) is 0 Å². The van der Waals surface area contributed by atoms with Gasteiger partial charge in [-0.2, -0.15) is 0 Å². The minimum Gasteiger partial charge on any atom is -0.368 e. The lowest BCUT2D eigenvalue weighted by Gasteiger charge is -2.37. The van der Waals surface area contributed by atoms with Crippen molar-refractivity contribution >= 4 is 5.69 Å². The minimum atomic E-state index is -0.320. The molecule has 3 aliphatic carbocycles. The highest BCUT2D eigenvalue weighted by Crippen LogP contribution is 2.61. The zero-order chi connectivity index (χ0) is 13.4. The van der Waals surface area contributed by atoms with Gasteiger partial charge in [0.1, 0.15) is 0 Å². The first-order valence-electron chi connectivity index (χ1n) is 6.78. The Bertz CT molecular complexity index is 770. The number of nitrogens with zero attached hydrogens (tertiary/aromatic N) is 1. The van der Waals surface area contributed by atoms with E-state index in [1.54, 1.807) is 12.1 Å². The van der Waals surface area contributed by atoms with E-state index in [1.807, 2.05) is 12.1 Å². The zero-order valence-electron chi connectivity index (χ0n) is 10.5. The maximum Gasteiger partial charge on any atom is 0.269 e. The molecule has 1 aliphatic heterocycles. The highest BCUT2D eigenvalue weighted by Gasteiger charge is 2.60. The molecule has 2 aromatic rings. The Morgan fingerprint density at radius 1 is 0.900 bits per heavy atom. The van der Waals surface area contributed by atoms with E-state index in [4.69, 9.17) is 4.74 Å². The normalized spacial score (nSPS) is 31.2. The third kappa shape index (κ3) is 1.11. The van der Waals surface area contributed by atoms with Gasteiger partial charge in [-0.1, -0.05) is 30.3 Å². The lowest BCUT2D eigenvalue weighted by Crippen LogP contribution is -2.31. The average molecular weight is 265 g/mol. The summed E-state index contributed by atoms with van der Waals surface area (Å²) in [6.45, 7) is 0. The molecule has 4 aliphatic rings. The molecule has 4 nitrogen and oxygen atoms in total. The number of epoxide rings is 1. The summed E-state index contributed by atoms with van der Waals surface area (Å²) in [4.78, 5) is 10.7. The second-order valence-corrected chi connectivity index (χ2v) is 5.72. The van der Waals surface area contributed by atoms with Crippen molar-refractivity contribution in [2.24, 2.45) is 0 Å². The molecule has 1 fully saturated rings. The molecule has 0 aromatic heterocycles. The molecule has 0 saturated carbocycles. The molecule has 2 bridgehead atoms. The Kier molecular flexibility index (Phi) is 1.73. The summed E-state index contributed by atoms with van der Waals surface area (Å²) in [6, 6.07) is 13.7. The second-order valence-electron chi connectivity index (χ2n) is 5.72. The molecule has 20 heavy (non-hydrogen) atoms. The Morgan fingerprint density at radius 2 is 1.50 bits per heavy atom. The Labute approximate surface area is 115 Å². The lowest BCUT2D eigenvalue weighted by atomic mass is 9.64. The molecule has 4 atom stereocenters. The van der Waals surface area contributed by atoms with E-state index < -0.39 is 0 Å². The van der Waals surface area contributed by atoms with Crippen molar-refractivity contribution in [3.63, 3.8) is 0 Å². The van der Waals surface area contributed by atoms with Crippen molar-refractivity contribution in [1.29, 1.82) is 0 Å². The smallest absolute Gasteiger partial charge is 0.269 e. The summed E-state index contributed by atoms with van der Waals surface area (Å²) in [6.07, 6.45) is 0.480. The van der Waals surface area contributed by atoms with Crippen LogP contribution in [0.5, 0.6) is 0 Å². The third-order valence-corrected chi connectivity index (χ3v) is 4.84. The van der Waals surface area contributed by atoms with Crippen molar-refractivity contribution in [2.45, 2.75) is 24.0 Å². The van der Waals surface area contributed by atoms with Crippen LogP contribution in [0.1, 0.15) is 34.1 Å². The van der Waals surface area contributed by atoms with E-state index in [2.05, 4.69) is 18.2 Å². The van der Waals surface area contributed by atoms with Crippen LogP contribution in [0.4, 0.5) is 5.69 Å². The summed E-state index contributed by atoms with van der Waals surface area (Å²) < 4.78 is 5.86. The van der Waals surface area contributed by atoms with Gasteiger partial charge in [-0.05, 0) is 22.3 Å². The summed E-state index contributed by atoms with van der Waals surface area (Å²) in [5.41, 5.74) is 5.08. The molecular weight excluding hydrogens is 254 g/mol. The van der Waals surface area contributed by atoms with Gasteiger partial charge < -0.3 is 4.74 Å². The Balaban J connectivity index is 1.79. The van der Waals surface area contributed by atoms with E-state index in [-0.39, 0.29) is 34.7 Å². The lowest BCUT2D eigenvalue weighted by molar-refractivity contribution is -0.385. The predicted molar refractivity (Wildman–Crippen MR) is 71.9 cm³/mol. The monoisotopic (exact) mass is 265 g/mol. The number of ether oxygens (including phenoxy) is 1. The molecule has 4 heteroatoms. The molecule has 98 valence electrons. The Hall–Kier alpha value is -2.20. The molecule has 0 N–H and O–H groups in total. The van der Waals surface area contributed by atoms with Gasteiger partial charge in [-0.15, -0.1) is 0 Å². The largest absolute Gasteiger partial charge is 0.368 e. The van der Waals surface area contributed by atoms with Gasteiger partial charge >= 0.3 is 0 Å². The van der Waals surface area contributed by atoms with Crippen molar-refractivity contribution in [1.82, 2.24) is 0 Å². The first kappa shape index (κ1) is 10.6. The van der Waals surface area contributed by atoms with E-state index in [1.165, 1.54) is 16.7 Å². The van der Waals surface area contributed by atoms with Crippen LogP contribution >= 0.6 is 0 Å². The van der Waals surface area contributed by atoms with Crippen molar-refractivity contribution < 1.29 is 9.66 Å². The number of benzene rings is 2. The summed E-state index contributed by atoms with van der Waals surface area (Å²) in [5.74, 6) is 0.410. The summed E-state index contributed by atoms with van der Waals surface area (Å²) in [7, 11) is 0. The minimum absolute atomic E-state index is 0.163. The van der Waals surface area contributed by atoms with Crippen LogP contribution in [0.15, 0.2) is 42.5 Å². The fourth-order valence-corrected chi connectivity index (χ4v) is 4.02. The number of nitro groups is 1. The maximum absolute atomic E-state index is 11.0. The van der Waals surface area contributed by atoms with Gasteiger partial charge in [0.05, 0.1) is 17.1 Å². The molecule has 2 aromatic carbocycles. The number of rotatable bonds is 1. The molecule has 0 amide bonds. The van der Waals surface area contributed by atoms with Gasteiger partial charge in [-0.25, -0.2) is 0 Å². The Morgan fingerprint density at radius 3 is 2.15 bits per heavy atom. The number of non-ortho nitro benzene ring substituents is 1. The van der Waals surface area contributed by atoms with Crippen LogP contribution in [0.3, 0.4) is 0 Å². The first-order valence-corrected chi connectivity index (χ1v) is 6.78. The molecule has 1 heterocycles. The highest BCUT2D eigenvalue weighted by molar-refractivity contribution is 5.61. The zero-order valence-corrected chi connectivity index (χ0v) is 10.5. The van der Waals surface area contributed by atoms with Gasteiger partial charge in [-0.3, -0.25) is 10.1 Å². The predicted octanol–water partition coefficient (Wildman–Crippen LogP) is 2.95. The fourth-order valence-electron chi connectivity index (χ4n) is 4.02. The molecule has 1 saturated heterocycles. The summed E-state index contributed by atoms with van der Waals surface area (Å²) in [5, 5.41) is 11.0. The van der Waals surface area contributed by atoms with E-state index >= 15 is 0 Å². The van der Waals surface area contributed by atoms with Gasteiger partial charge in [0.25, 0.3) is 5.69 Å². The van der Waals surface area contributed by atoms with Crippen LogP contribution in [-0.2, 0) is 4.74 Å². The molecule has 0 spiro atoms. The van der Waals surface area contributed by atoms with Gasteiger partial charge in [0, 0.05) is 24.0 Å². The van der Waals surface area contributed by atoms with Crippen LogP contribution in [-0.4, -0.2) is 17.1 Å². The number of hydrogen-bond donors (Lipinski definition) is 0. The van der Waals surface area contributed by atoms with E-state index in [0.29, 0.717) is 0 Å². The molecule has 6 rings (SSSR count). The SMILES string of the molecule is O=[N+]([O-])c1ccc2c(c1)[C@@H]1c3ccccc3[C@H]2[C@@H]2O[C@H]12. The van der Waals surface area contributed by atoms with Gasteiger partial charge in [0.2, 0.25) is 0 Å². The number of nitro benzene ring substituents is 1. The van der Waals surface area contributed by atoms with E-state index in [0.717, 1.165) is 5.56 Å². The average Bonchev–Trinajstić information content (AvgIpc) is 3.26. The quantitative estimate of drug-likeness (QED) is 0.452. The van der Waals surface area contributed by atoms with Crippen LogP contribution < -0.4 is 0 Å². The van der Waals surface area contributed by atoms with Crippen LogP contribution in [0.2, 0.25) is 0 Å². The van der Waals surface area contributed by atoms with Crippen molar-refractivity contribution in [2.75, 3.05) is 0 Å². The highest BCUT2D eigenvalue weighted by atomic mass is 16.6. The topological polar surface area (TPSA) is 55.7 Å². The van der Waals surface area contributed by atoms with Crippen molar-refractivity contribution in [3.8, 4) is 0 Å². The molecule has 0 unspecified atom stereocenters. The van der Waals surface area contributed by atoms with Crippen molar-refractivity contribution in [3.05, 3.63) is 74.8 Å². The summed E-state index contributed by atoms with van der Waals surface area (Å²) >= 11 is 0. The maximum atomic E-state index is 11.0. The standard InChI is InChI=1S/C16H11NO3/c18-17(19)8-5-6-11-12(7-8)14-10-4-2-1-3-9(10)13(11)15-16(14)20-15/h1-7,13-16H/t13-,14+,15+,16-/m1/s1. The van der Waals surface area contributed by atoms with Crippen LogP contribution in [0, 0.1) is 10.1 Å². The second kappa shape index (κ2) is 3.27. The van der Waals surface area contributed by atoms with E-state index in [9.17, 15) is 10.1 Å². The third-order valence-electron chi connectivity index (χ3n) is 4.84. The molecule has 0 radical (unpaired) electrons. The number of hydrogen-bond acceptors (Lipinski definition) is 3. The fraction of sp³-hybridized carbons (Fsp3) is 0.250.